The van der Waals surface area contributed by atoms with Crippen molar-refractivity contribution in [3.63, 3.8) is 0 Å². The highest BCUT2D eigenvalue weighted by Crippen LogP contribution is 2.13. The van der Waals surface area contributed by atoms with Gasteiger partial charge in [-0.25, -0.2) is 0 Å². The van der Waals surface area contributed by atoms with Crippen molar-refractivity contribution in [2.45, 2.75) is 13.0 Å². The molecule has 0 saturated carbocycles. The molecule has 0 heterocycles. The average molecular weight is 494 g/mol. The van der Waals surface area contributed by atoms with Crippen LogP contribution < -0.4 is 15.4 Å². The molecule has 1 aromatic carbocycles. The zero-order valence-corrected chi connectivity index (χ0v) is 19.3. The van der Waals surface area contributed by atoms with Gasteiger partial charge in [0.25, 0.3) is 0 Å². The summed E-state index contributed by atoms with van der Waals surface area (Å²) in [4.78, 5) is 6.34. The number of hydrogen-bond acceptors (Lipinski definition) is 5. The van der Waals surface area contributed by atoms with Crippen LogP contribution >= 0.6 is 24.0 Å². The van der Waals surface area contributed by atoms with Gasteiger partial charge in [-0.05, 0) is 38.2 Å². The van der Waals surface area contributed by atoms with E-state index in [0.717, 1.165) is 36.8 Å². The number of hydrogen-bond donors (Lipinski definition) is 2. The fraction of sp³-hybridized carbons (Fsp3) is 0.632. The minimum atomic E-state index is 0. The Balaban J connectivity index is 0.00000676. The summed E-state index contributed by atoms with van der Waals surface area (Å²) in [7, 11) is 7.51. The van der Waals surface area contributed by atoms with Crippen LogP contribution in [0.4, 0.5) is 0 Å². The Hall–Kier alpha value is -1.10. The van der Waals surface area contributed by atoms with Gasteiger partial charge < -0.3 is 29.7 Å². The molecule has 1 aromatic rings. The van der Waals surface area contributed by atoms with Crippen molar-refractivity contribution < 1.29 is 14.2 Å². The van der Waals surface area contributed by atoms with Crippen molar-refractivity contribution in [2.24, 2.45) is 4.99 Å². The lowest BCUT2D eigenvalue weighted by Gasteiger charge is -2.14. The molecular formula is C19H35IN4O3. The summed E-state index contributed by atoms with van der Waals surface area (Å²) in [5.41, 5.74) is 1.15. The van der Waals surface area contributed by atoms with Crippen molar-refractivity contribution in [1.29, 1.82) is 0 Å². The van der Waals surface area contributed by atoms with E-state index in [1.54, 1.807) is 14.2 Å². The summed E-state index contributed by atoms with van der Waals surface area (Å²) in [6.45, 7) is 5.05. The molecule has 0 aliphatic rings. The zero-order chi connectivity index (χ0) is 19.0. The minimum Gasteiger partial charge on any atom is -0.492 e. The second-order valence-electron chi connectivity index (χ2n) is 6.11. The zero-order valence-electron chi connectivity index (χ0n) is 17.0. The van der Waals surface area contributed by atoms with Crippen molar-refractivity contribution in [2.75, 3.05) is 67.8 Å². The maximum absolute atomic E-state index is 5.77. The van der Waals surface area contributed by atoms with Gasteiger partial charge in [-0.15, -0.1) is 24.0 Å². The number of nitrogens with zero attached hydrogens (tertiary/aromatic N) is 2. The lowest BCUT2D eigenvalue weighted by Crippen LogP contribution is -2.37. The standard InChI is InChI=1S/C19H34N4O3.HI/c1-20-19(21-9-6-11-25-14-13-24-4)22-16-17-7-5-8-18(15-17)26-12-10-23(2)3;/h5,7-8,15H,6,9-14,16H2,1-4H3,(H2,20,21,22);1H. The molecule has 27 heavy (non-hydrogen) atoms. The maximum atomic E-state index is 5.77. The number of halogens is 1. The lowest BCUT2D eigenvalue weighted by atomic mass is 10.2. The number of methoxy groups -OCH3 is 1. The topological polar surface area (TPSA) is 67.4 Å². The van der Waals surface area contributed by atoms with E-state index >= 15 is 0 Å². The number of nitrogens with one attached hydrogen (secondary N) is 2. The van der Waals surface area contributed by atoms with E-state index in [1.165, 1.54) is 0 Å². The SMILES string of the molecule is CN=C(NCCCOCCOC)NCc1cccc(OCCN(C)C)c1.I. The molecule has 0 aromatic heterocycles. The first-order valence-electron chi connectivity index (χ1n) is 9.03. The fourth-order valence-corrected chi connectivity index (χ4v) is 2.12. The molecule has 2 N–H and O–H groups in total. The van der Waals surface area contributed by atoms with Crippen molar-refractivity contribution >= 4 is 29.9 Å². The van der Waals surface area contributed by atoms with Gasteiger partial charge in [-0.1, -0.05) is 12.1 Å². The number of rotatable bonds is 13. The second-order valence-corrected chi connectivity index (χ2v) is 6.11. The Morgan fingerprint density at radius 2 is 1.93 bits per heavy atom. The van der Waals surface area contributed by atoms with E-state index in [2.05, 4.69) is 32.7 Å². The molecule has 0 aliphatic carbocycles. The summed E-state index contributed by atoms with van der Waals surface area (Å²) in [6, 6.07) is 8.12. The number of benzene rings is 1. The number of aliphatic imine (C=N–C) groups is 1. The Bertz CT molecular complexity index is 515. The molecule has 0 spiro atoms. The van der Waals surface area contributed by atoms with Crippen LogP contribution in [0.3, 0.4) is 0 Å². The van der Waals surface area contributed by atoms with Crippen molar-refractivity contribution in [3.8, 4) is 5.75 Å². The van der Waals surface area contributed by atoms with Gasteiger partial charge in [0.1, 0.15) is 12.4 Å². The molecule has 8 heteroatoms. The summed E-state index contributed by atoms with van der Waals surface area (Å²) in [6.07, 6.45) is 0.916. The van der Waals surface area contributed by atoms with Crippen LogP contribution in [-0.2, 0) is 16.0 Å². The van der Waals surface area contributed by atoms with Crippen LogP contribution in [0.5, 0.6) is 5.75 Å². The van der Waals surface area contributed by atoms with Gasteiger partial charge in [-0.3, -0.25) is 4.99 Å². The molecule has 0 fully saturated rings. The van der Waals surface area contributed by atoms with E-state index in [0.29, 0.717) is 33.0 Å². The predicted octanol–water partition coefficient (Wildman–Crippen LogP) is 1.96. The molecule has 0 saturated heterocycles. The van der Waals surface area contributed by atoms with Gasteiger partial charge in [-0.2, -0.15) is 0 Å². The Morgan fingerprint density at radius 1 is 1.11 bits per heavy atom. The summed E-state index contributed by atoms with van der Waals surface area (Å²) in [5.74, 6) is 1.67. The lowest BCUT2D eigenvalue weighted by molar-refractivity contribution is 0.0698. The molecular weight excluding hydrogens is 459 g/mol. The van der Waals surface area contributed by atoms with Crippen LogP contribution in [0.25, 0.3) is 0 Å². The first kappa shape index (κ1) is 25.9. The van der Waals surface area contributed by atoms with Crippen molar-refractivity contribution in [3.05, 3.63) is 29.8 Å². The first-order valence-corrected chi connectivity index (χ1v) is 9.03. The summed E-state index contributed by atoms with van der Waals surface area (Å²) < 4.78 is 16.1. The third-order valence-electron chi connectivity index (χ3n) is 3.58. The van der Waals surface area contributed by atoms with Gasteiger partial charge in [0, 0.05) is 40.4 Å². The highest BCUT2D eigenvalue weighted by Gasteiger charge is 2.01. The summed E-state index contributed by atoms with van der Waals surface area (Å²) >= 11 is 0. The second kappa shape index (κ2) is 17.0. The largest absolute Gasteiger partial charge is 0.492 e. The van der Waals surface area contributed by atoms with Crippen LogP contribution in [-0.4, -0.2) is 78.6 Å². The molecule has 1 rings (SSSR count). The Kier molecular flexibility index (Phi) is 16.3. The van der Waals surface area contributed by atoms with Crippen LogP contribution in [0.15, 0.2) is 29.3 Å². The highest BCUT2D eigenvalue weighted by atomic mass is 127. The third kappa shape index (κ3) is 13.7. The molecule has 7 nitrogen and oxygen atoms in total. The molecule has 0 atom stereocenters. The third-order valence-corrected chi connectivity index (χ3v) is 3.58. The molecule has 0 bridgehead atoms. The maximum Gasteiger partial charge on any atom is 0.191 e. The van der Waals surface area contributed by atoms with Crippen molar-refractivity contribution in [1.82, 2.24) is 15.5 Å². The van der Waals surface area contributed by atoms with Crippen LogP contribution in [0.1, 0.15) is 12.0 Å². The average Bonchev–Trinajstić information content (AvgIpc) is 2.63. The Morgan fingerprint density at radius 3 is 2.63 bits per heavy atom. The number of guanidine groups is 1. The quantitative estimate of drug-likeness (QED) is 0.189. The first-order chi connectivity index (χ1) is 12.7. The smallest absolute Gasteiger partial charge is 0.191 e. The van der Waals surface area contributed by atoms with Gasteiger partial charge in [0.2, 0.25) is 0 Å². The molecule has 0 amide bonds. The van der Waals surface area contributed by atoms with Gasteiger partial charge in [0.15, 0.2) is 5.96 Å². The summed E-state index contributed by atoms with van der Waals surface area (Å²) in [5, 5.41) is 6.60. The fourth-order valence-electron chi connectivity index (χ4n) is 2.12. The van der Waals surface area contributed by atoms with E-state index < -0.39 is 0 Å². The molecule has 0 unspecified atom stereocenters. The van der Waals surface area contributed by atoms with Crippen LogP contribution in [0, 0.1) is 0 Å². The van der Waals surface area contributed by atoms with E-state index in [1.807, 2.05) is 26.2 Å². The van der Waals surface area contributed by atoms with E-state index in [-0.39, 0.29) is 24.0 Å². The Labute approximate surface area is 180 Å². The molecule has 0 aliphatic heterocycles. The van der Waals surface area contributed by atoms with Gasteiger partial charge >= 0.3 is 0 Å². The normalized spacial score (nSPS) is 11.2. The predicted molar refractivity (Wildman–Crippen MR) is 121 cm³/mol. The monoisotopic (exact) mass is 494 g/mol. The number of ether oxygens (including phenoxy) is 3. The molecule has 156 valence electrons. The highest BCUT2D eigenvalue weighted by molar-refractivity contribution is 14.0. The minimum absolute atomic E-state index is 0. The van der Waals surface area contributed by atoms with E-state index in [4.69, 9.17) is 14.2 Å². The van der Waals surface area contributed by atoms with E-state index in [9.17, 15) is 0 Å². The van der Waals surface area contributed by atoms with Crippen LogP contribution in [0.2, 0.25) is 0 Å². The molecule has 0 radical (unpaired) electrons. The number of likely N-dealkylation sites (N-methyl/N-ethyl adjacent to an activating group) is 1. The van der Waals surface area contributed by atoms with Gasteiger partial charge in [0.05, 0.1) is 13.2 Å².